The number of carboxylic acids is 1. The largest absolute Gasteiger partial charge is 0.478 e. The Morgan fingerprint density at radius 2 is 1.68 bits per heavy atom. The highest BCUT2D eigenvalue weighted by molar-refractivity contribution is 5.89. The molecule has 0 radical (unpaired) electrons. The van der Waals surface area contributed by atoms with Gasteiger partial charge < -0.3 is 9.84 Å². The summed E-state index contributed by atoms with van der Waals surface area (Å²) < 4.78 is 5.57. The van der Waals surface area contributed by atoms with Gasteiger partial charge in [-0.1, -0.05) is 48.5 Å². The highest BCUT2D eigenvalue weighted by Gasteiger charge is 2.08. The highest BCUT2D eigenvalue weighted by Crippen LogP contribution is 2.10. The van der Waals surface area contributed by atoms with Gasteiger partial charge >= 0.3 is 5.97 Å². The van der Waals surface area contributed by atoms with Crippen LogP contribution in [0.15, 0.2) is 54.6 Å². The van der Waals surface area contributed by atoms with Gasteiger partial charge in [-0.2, -0.15) is 0 Å². The molecule has 0 saturated carbocycles. The molecule has 1 N–H and O–H groups in total. The van der Waals surface area contributed by atoms with Crippen molar-refractivity contribution in [2.45, 2.75) is 13.0 Å². The van der Waals surface area contributed by atoms with Gasteiger partial charge in [0.2, 0.25) is 0 Å². The lowest BCUT2D eigenvalue weighted by atomic mass is 10.1. The average molecular weight is 256 g/mol. The second kappa shape index (κ2) is 6.71. The number of carbonyl (C=O) groups is 1. The molecule has 3 heteroatoms. The predicted molar refractivity (Wildman–Crippen MR) is 73.2 cm³/mol. The van der Waals surface area contributed by atoms with Crippen LogP contribution in [0.4, 0.5) is 0 Å². The summed E-state index contributed by atoms with van der Waals surface area (Å²) in [6, 6.07) is 16.9. The summed E-state index contributed by atoms with van der Waals surface area (Å²) >= 11 is 0. The summed E-state index contributed by atoms with van der Waals surface area (Å²) in [5, 5.41) is 9.06. The van der Waals surface area contributed by atoms with Gasteiger partial charge in [0.05, 0.1) is 18.8 Å². The minimum Gasteiger partial charge on any atom is -0.478 e. The van der Waals surface area contributed by atoms with E-state index in [2.05, 4.69) is 0 Å². The number of aromatic carboxylic acids is 1. The van der Waals surface area contributed by atoms with E-state index >= 15 is 0 Å². The predicted octanol–water partition coefficient (Wildman–Crippen LogP) is 3.14. The maximum atomic E-state index is 11.0. The van der Waals surface area contributed by atoms with Crippen LogP contribution in [-0.4, -0.2) is 17.7 Å². The van der Waals surface area contributed by atoms with Crippen LogP contribution in [0.25, 0.3) is 0 Å². The topological polar surface area (TPSA) is 46.5 Å². The van der Waals surface area contributed by atoms with E-state index in [1.165, 1.54) is 0 Å². The molecule has 0 amide bonds. The van der Waals surface area contributed by atoms with Crippen molar-refractivity contribution in [3.63, 3.8) is 0 Å². The summed E-state index contributed by atoms with van der Waals surface area (Å²) in [5.41, 5.74) is 2.28. The zero-order chi connectivity index (χ0) is 13.5. The fourth-order valence-electron chi connectivity index (χ4n) is 1.89. The first kappa shape index (κ1) is 13.3. The molecular formula is C16H16O3. The first-order chi connectivity index (χ1) is 9.27. The van der Waals surface area contributed by atoms with Gasteiger partial charge in [0.1, 0.15) is 0 Å². The molecule has 98 valence electrons. The van der Waals surface area contributed by atoms with Crippen molar-refractivity contribution >= 4 is 5.97 Å². The van der Waals surface area contributed by atoms with Gasteiger partial charge in [-0.25, -0.2) is 4.79 Å². The molecular weight excluding hydrogens is 240 g/mol. The zero-order valence-corrected chi connectivity index (χ0v) is 10.6. The third-order valence-electron chi connectivity index (χ3n) is 2.88. The zero-order valence-electron chi connectivity index (χ0n) is 10.6. The molecule has 2 rings (SSSR count). The van der Waals surface area contributed by atoms with Crippen molar-refractivity contribution in [2.75, 3.05) is 6.61 Å². The van der Waals surface area contributed by atoms with Crippen LogP contribution in [0.1, 0.15) is 21.5 Å². The van der Waals surface area contributed by atoms with Crippen LogP contribution in [0.5, 0.6) is 0 Å². The molecule has 0 aliphatic rings. The lowest BCUT2D eigenvalue weighted by molar-refractivity contribution is 0.0694. The average Bonchev–Trinajstić information content (AvgIpc) is 2.45. The van der Waals surface area contributed by atoms with Crippen LogP contribution < -0.4 is 0 Å². The van der Waals surface area contributed by atoms with Gasteiger partial charge in [-0.15, -0.1) is 0 Å². The Morgan fingerprint density at radius 1 is 1.00 bits per heavy atom. The van der Waals surface area contributed by atoms with Crippen LogP contribution in [0.3, 0.4) is 0 Å². The summed E-state index contributed by atoms with van der Waals surface area (Å²) in [6.45, 7) is 1.06. The van der Waals surface area contributed by atoms with Gasteiger partial charge in [-0.05, 0) is 23.6 Å². The van der Waals surface area contributed by atoms with Gasteiger partial charge in [-0.3, -0.25) is 0 Å². The number of hydrogen-bond acceptors (Lipinski definition) is 2. The Hall–Kier alpha value is -2.13. The fraction of sp³-hybridized carbons (Fsp3) is 0.188. The molecule has 0 bridgehead atoms. The second-order valence-electron chi connectivity index (χ2n) is 4.25. The minimum absolute atomic E-state index is 0.353. The summed E-state index contributed by atoms with van der Waals surface area (Å²) in [5.74, 6) is -0.890. The van der Waals surface area contributed by atoms with E-state index in [0.29, 0.717) is 25.2 Å². The molecule has 0 heterocycles. The van der Waals surface area contributed by atoms with Crippen LogP contribution in [-0.2, 0) is 17.8 Å². The third kappa shape index (κ3) is 3.93. The maximum absolute atomic E-state index is 11.0. The summed E-state index contributed by atoms with van der Waals surface area (Å²) in [7, 11) is 0. The number of ether oxygens (including phenoxy) is 1. The van der Waals surface area contributed by atoms with E-state index in [0.717, 1.165) is 11.1 Å². The maximum Gasteiger partial charge on any atom is 0.335 e. The Labute approximate surface area is 112 Å². The van der Waals surface area contributed by atoms with Crippen molar-refractivity contribution in [1.29, 1.82) is 0 Å². The van der Waals surface area contributed by atoms with Crippen molar-refractivity contribution in [3.05, 3.63) is 71.3 Å². The molecule has 2 aromatic carbocycles. The number of benzene rings is 2. The quantitative estimate of drug-likeness (QED) is 0.808. The molecule has 0 atom stereocenters. The van der Waals surface area contributed by atoms with Gasteiger partial charge in [0.25, 0.3) is 0 Å². The fourth-order valence-corrected chi connectivity index (χ4v) is 1.89. The molecule has 0 fully saturated rings. The van der Waals surface area contributed by atoms with E-state index in [9.17, 15) is 4.79 Å². The van der Waals surface area contributed by atoms with Crippen molar-refractivity contribution in [2.24, 2.45) is 0 Å². The van der Waals surface area contributed by atoms with Crippen LogP contribution >= 0.6 is 0 Å². The van der Waals surface area contributed by atoms with E-state index in [-0.39, 0.29) is 0 Å². The number of rotatable bonds is 6. The SMILES string of the molecule is O=C(O)c1ccccc1CCOCc1ccccc1. The minimum atomic E-state index is -0.890. The molecule has 2 aromatic rings. The number of hydrogen-bond donors (Lipinski definition) is 1. The molecule has 0 aliphatic heterocycles. The van der Waals surface area contributed by atoms with Gasteiger partial charge in [0, 0.05) is 0 Å². The van der Waals surface area contributed by atoms with Crippen molar-refractivity contribution < 1.29 is 14.6 Å². The number of carboxylic acid groups (broad SMARTS) is 1. The molecule has 0 aromatic heterocycles. The van der Waals surface area contributed by atoms with Crippen molar-refractivity contribution in [3.8, 4) is 0 Å². The normalized spacial score (nSPS) is 10.3. The lowest BCUT2D eigenvalue weighted by Gasteiger charge is -2.07. The Balaban J connectivity index is 1.85. The smallest absolute Gasteiger partial charge is 0.335 e. The summed E-state index contributed by atoms with van der Waals surface area (Å²) in [6.07, 6.45) is 0.606. The highest BCUT2D eigenvalue weighted by atomic mass is 16.5. The molecule has 0 aliphatic carbocycles. The van der Waals surface area contributed by atoms with E-state index in [1.54, 1.807) is 12.1 Å². The van der Waals surface area contributed by atoms with Crippen LogP contribution in [0.2, 0.25) is 0 Å². The molecule has 0 spiro atoms. The Bertz CT molecular complexity index is 535. The molecule has 19 heavy (non-hydrogen) atoms. The summed E-state index contributed by atoms with van der Waals surface area (Å²) in [4.78, 5) is 11.0. The van der Waals surface area contributed by atoms with E-state index in [4.69, 9.17) is 9.84 Å². The first-order valence-corrected chi connectivity index (χ1v) is 6.20. The van der Waals surface area contributed by atoms with E-state index < -0.39 is 5.97 Å². The monoisotopic (exact) mass is 256 g/mol. The Morgan fingerprint density at radius 3 is 2.42 bits per heavy atom. The lowest BCUT2D eigenvalue weighted by Crippen LogP contribution is -2.05. The molecule has 0 saturated heterocycles. The molecule has 3 nitrogen and oxygen atoms in total. The third-order valence-corrected chi connectivity index (χ3v) is 2.88. The standard InChI is InChI=1S/C16H16O3/c17-16(18)15-9-5-4-8-14(15)10-11-19-12-13-6-2-1-3-7-13/h1-9H,10-12H2,(H,17,18). The van der Waals surface area contributed by atoms with Crippen LogP contribution in [0, 0.1) is 0 Å². The molecule has 0 unspecified atom stereocenters. The van der Waals surface area contributed by atoms with E-state index in [1.807, 2.05) is 42.5 Å². The first-order valence-electron chi connectivity index (χ1n) is 6.20. The second-order valence-corrected chi connectivity index (χ2v) is 4.25. The van der Waals surface area contributed by atoms with Gasteiger partial charge in [0.15, 0.2) is 0 Å². The van der Waals surface area contributed by atoms with Crippen molar-refractivity contribution in [1.82, 2.24) is 0 Å². The Kier molecular flexibility index (Phi) is 4.70.